The maximum atomic E-state index is 14.5. The molecular formula is C56H90N4O18. The van der Waals surface area contributed by atoms with Crippen LogP contribution in [0.4, 0.5) is 0 Å². The molecule has 0 radical (unpaired) electrons. The highest BCUT2D eigenvalue weighted by atomic mass is 16.7. The van der Waals surface area contributed by atoms with Crippen LogP contribution in [0.15, 0.2) is 85.1 Å². The summed E-state index contributed by atoms with van der Waals surface area (Å²) in [5, 5.41) is 127. The van der Waals surface area contributed by atoms with E-state index in [1.54, 1.807) is 80.5 Å². The van der Waals surface area contributed by atoms with Gasteiger partial charge < -0.3 is 90.7 Å². The number of cyclic esters (lactones) is 1. The quantitative estimate of drug-likeness (QED) is 0.132. The second-order valence-corrected chi connectivity index (χ2v) is 21.2. The van der Waals surface area contributed by atoms with E-state index < -0.39 is 153 Å². The molecule has 4 aliphatic heterocycles. The van der Waals surface area contributed by atoms with Gasteiger partial charge in [0.15, 0.2) is 12.1 Å². The lowest BCUT2D eigenvalue weighted by Gasteiger charge is -2.47. The van der Waals surface area contributed by atoms with Crippen molar-refractivity contribution in [2.24, 2.45) is 17.8 Å². The topological polar surface area (TPSA) is 341 Å². The van der Waals surface area contributed by atoms with E-state index in [0.29, 0.717) is 19.6 Å². The van der Waals surface area contributed by atoms with Gasteiger partial charge in [0.2, 0.25) is 11.8 Å². The van der Waals surface area contributed by atoms with Crippen LogP contribution in [0.5, 0.6) is 0 Å². The Labute approximate surface area is 458 Å². The van der Waals surface area contributed by atoms with Crippen LogP contribution in [0.1, 0.15) is 79.1 Å². The van der Waals surface area contributed by atoms with E-state index in [-0.39, 0.29) is 57.8 Å². The number of nitrogens with zero attached hydrogens (tertiary/aromatic N) is 2. The minimum absolute atomic E-state index is 0.0705. The maximum absolute atomic E-state index is 14.5. The number of hydrogen-bond donors (Lipinski definition) is 13. The van der Waals surface area contributed by atoms with Gasteiger partial charge in [-0.15, -0.1) is 0 Å². The summed E-state index contributed by atoms with van der Waals surface area (Å²) in [5.41, 5.74) is 0. The minimum atomic E-state index is -2.32. The number of likely N-dealkylation sites (N-methyl/N-ethyl adjacent to an activating group) is 1. The fourth-order valence-corrected chi connectivity index (χ4v) is 10.0. The lowest BCUT2D eigenvalue weighted by atomic mass is 9.81. The van der Waals surface area contributed by atoms with Crippen LogP contribution in [-0.4, -0.2) is 234 Å². The standard InChI is InChI=1S/C56H90N4O18/c1-35-18-16-14-12-10-8-6-7-9-11-13-15-17-19-42(77-55-53(72)50(52(71)38(4)76-55)58-47(68)34-57-5)31-46-49(54(73)60-24-22-59(23-25-60)26-27-61)45(67)33-56(74,78-46)32-41(64)29-44(66)43(65)21-20-39(62)28-40(63)30-48(69)75-37(3)36(2)51(35)70/h6-19,35-46,49-53,55,57,61-67,70-72,74H,20-34H2,1-5H3,(H,58,68)/b7-6+,10-8+,11-9+,14-12+,15-13+,18-16+,19-17+/t35-,36-,37-,38-,39+,40+,41-,42-,43+,44+,45-,46-,49+,50-,51+,52+,53-,55+,56+/m0/s1. The number of fused-ring (bicyclic) bond motifs is 2. The normalized spacial score (nSPS) is 41.3. The average Bonchev–Trinajstić information content (AvgIpc) is 3.46. The number of amides is 2. The van der Waals surface area contributed by atoms with Crippen LogP contribution in [0.2, 0.25) is 0 Å². The molecule has 3 saturated heterocycles. The number of carbonyl (C=O) groups excluding carboxylic acids is 3. The number of ether oxygens (including phenoxy) is 4. The summed E-state index contributed by atoms with van der Waals surface area (Å²) in [5.74, 6) is -6.12. The molecule has 2 amide bonds. The number of aliphatic hydroxyl groups is 11. The van der Waals surface area contributed by atoms with Crippen molar-refractivity contribution >= 4 is 17.8 Å². The Morgan fingerprint density at radius 1 is 0.692 bits per heavy atom. The number of β-amino-alcohol motifs (C(OH)–C–C–N with tert-alkyl or cyclic N) is 1. The Kier molecular flexibility index (Phi) is 28.7. The van der Waals surface area contributed by atoms with Crippen molar-refractivity contribution in [2.45, 2.75) is 177 Å². The van der Waals surface area contributed by atoms with Crippen LogP contribution >= 0.6 is 0 Å². The van der Waals surface area contributed by atoms with E-state index >= 15 is 0 Å². The van der Waals surface area contributed by atoms with Gasteiger partial charge in [0, 0.05) is 70.2 Å². The molecule has 0 spiro atoms. The zero-order valence-corrected chi connectivity index (χ0v) is 45.8. The summed E-state index contributed by atoms with van der Waals surface area (Å²) in [4.78, 5) is 43.5. The third-order valence-corrected chi connectivity index (χ3v) is 14.7. The summed E-state index contributed by atoms with van der Waals surface area (Å²) < 4.78 is 24.2. The Morgan fingerprint density at radius 2 is 1.29 bits per heavy atom. The molecule has 0 aromatic rings. The van der Waals surface area contributed by atoms with Crippen LogP contribution in [-0.2, 0) is 33.3 Å². The van der Waals surface area contributed by atoms with Crippen LogP contribution in [0.3, 0.4) is 0 Å². The molecule has 0 aromatic carbocycles. The number of rotatable bonds is 8. The van der Waals surface area contributed by atoms with E-state index in [2.05, 4.69) is 10.6 Å². The second-order valence-electron chi connectivity index (χ2n) is 21.2. The Bertz CT molecular complexity index is 2030. The number of piperazine rings is 1. The van der Waals surface area contributed by atoms with Crippen molar-refractivity contribution in [1.29, 1.82) is 0 Å². The smallest absolute Gasteiger partial charge is 0.308 e. The van der Waals surface area contributed by atoms with E-state index in [0.717, 1.165) is 0 Å². The van der Waals surface area contributed by atoms with Crippen molar-refractivity contribution in [3.63, 3.8) is 0 Å². The van der Waals surface area contributed by atoms with E-state index in [1.165, 1.54) is 6.92 Å². The van der Waals surface area contributed by atoms with Gasteiger partial charge in [-0.1, -0.05) is 98.9 Å². The van der Waals surface area contributed by atoms with Crippen molar-refractivity contribution in [3.8, 4) is 0 Å². The molecule has 13 N–H and O–H groups in total. The van der Waals surface area contributed by atoms with Gasteiger partial charge in [0.25, 0.3) is 0 Å². The molecule has 19 atom stereocenters. The zero-order valence-electron chi connectivity index (χ0n) is 45.8. The fourth-order valence-electron chi connectivity index (χ4n) is 10.0. The molecule has 3 fully saturated rings. The first-order valence-corrected chi connectivity index (χ1v) is 27.3. The molecule has 0 saturated carbocycles. The lowest BCUT2D eigenvalue weighted by Crippen LogP contribution is -2.64. The van der Waals surface area contributed by atoms with Crippen molar-refractivity contribution in [3.05, 3.63) is 85.1 Å². The third-order valence-electron chi connectivity index (χ3n) is 14.7. The highest BCUT2D eigenvalue weighted by molar-refractivity contribution is 5.80. The molecular weight excluding hydrogens is 1020 g/mol. The molecule has 22 heteroatoms. The average molecular weight is 1110 g/mol. The SMILES string of the molecule is CNCC(=O)N[C@@H]1[C@H](O)[C@@H](O[C@H]2/C=C/C=C/C=C/C=C/C=C/C=C/C=C/[C@H](C)[C@@H](O)[C@@H](C)[C@H](C)OC(=O)C[C@H](O)C[C@H](O)CC[C@@H](O)[C@H](O)C[C@H](O)C[C@]3(O)C[C@H](O)[C@@H](C(=O)N4CCN(CCO)CC4)[C@H](C2)O3)O[C@@H](C)[C@H]1O. The minimum Gasteiger partial charge on any atom is -0.462 e. The van der Waals surface area contributed by atoms with E-state index in [4.69, 9.17) is 18.9 Å². The van der Waals surface area contributed by atoms with Crippen LogP contribution < -0.4 is 10.6 Å². The molecule has 4 aliphatic rings. The highest BCUT2D eigenvalue weighted by Crippen LogP contribution is 2.39. The molecule has 4 heterocycles. The number of aliphatic hydroxyl groups excluding tert-OH is 10. The van der Waals surface area contributed by atoms with Gasteiger partial charge in [-0.05, 0) is 40.2 Å². The first-order valence-electron chi connectivity index (χ1n) is 27.3. The largest absolute Gasteiger partial charge is 0.462 e. The Hall–Kier alpha value is -4.05. The monoisotopic (exact) mass is 1110 g/mol. The Balaban J connectivity index is 1.66. The summed E-state index contributed by atoms with van der Waals surface area (Å²) in [6.07, 6.45) is 3.60. The summed E-state index contributed by atoms with van der Waals surface area (Å²) in [6.45, 7) is 8.39. The Morgan fingerprint density at radius 3 is 1.90 bits per heavy atom. The van der Waals surface area contributed by atoms with Crippen molar-refractivity contribution in [2.75, 3.05) is 52.9 Å². The first-order chi connectivity index (χ1) is 37.1. The molecule has 2 bridgehead atoms. The molecule has 4 rings (SSSR count). The molecule has 0 aromatic heterocycles. The number of carbonyl (C=O) groups is 3. The molecule has 0 aliphatic carbocycles. The van der Waals surface area contributed by atoms with E-state index in [9.17, 15) is 70.6 Å². The van der Waals surface area contributed by atoms with E-state index in [1.807, 2.05) is 42.2 Å². The number of allylic oxidation sites excluding steroid dienone is 12. The van der Waals surface area contributed by atoms with Gasteiger partial charge in [0.1, 0.15) is 18.3 Å². The number of esters is 1. The van der Waals surface area contributed by atoms with Crippen LogP contribution in [0, 0.1) is 17.8 Å². The van der Waals surface area contributed by atoms with Gasteiger partial charge in [-0.25, -0.2) is 0 Å². The summed E-state index contributed by atoms with van der Waals surface area (Å²) >= 11 is 0. The maximum Gasteiger partial charge on any atom is 0.308 e. The summed E-state index contributed by atoms with van der Waals surface area (Å²) in [7, 11) is 1.56. The first kappa shape index (κ1) is 66.5. The highest BCUT2D eigenvalue weighted by Gasteiger charge is 2.52. The van der Waals surface area contributed by atoms with Crippen LogP contribution in [0.25, 0.3) is 0 Å². The van der Waals surface area contributed by atoms with Gasteiger partial charge >= 0.3 is 5.97 Å². The van der Waals surface area contributed by atoms with Crippen molar-refractivity contribution < 1.29 is 89.5 Å². The molecule has 0 unspecified atom stereocenters. The fraction of sp³-hybridized carbons (Fsp3) is 0.696. The number of hydrogen-bond acceptors (Lipinski definition) is 20. The molecule has 442 valence electrons. The molecule has 22 nitrogen and oxygen atoms in total. The third kappa shape index (κ3) is 21.8. The van der Waals surface area contributed by atoms with Crippen molar-refractivity contribution in [1.82, 2.24) is 20.4 Å². The predicted octanol–water partition coefficient (Wildman–Crippen LogP) is -0.859. The summed E-state index contributed by atoms with van der Waals surface area (Å²) in [6, 6.07) is -1.23. The second kappa shape index (κ2) is 33.6. The molecule has 78 heavy (non-hydrogen) atoms. The van der Waals surface area contributed by atoms with Gasteiger partial charge in [-0.3, -0.25) is 19.3 Å². The predicted molar refractivity (Wildman–Crippen MR) is 287 cm³/mol. The van der Waals surface area contributed by atoms with Gasteiger partial charge in [0.05, 0.1) is 92.6 Å². The zero-order chi connectivity index (χ0) is 57.5. The lowest BCUT2D eigenvalue weighted by molar-refractivity contribution is -0.308. The number of nitrogens with one attached hydrogen (secondary N) is 2. The van der Waals surface area contributed by atoms with Gasteiger partial charge in [-0.2, -0.15) is 0 Å².